The fourth-order valence-corrected chi connectivity index (χ4v) is 2.32. The maximum Gasteiger partial charge on any atom is 0.203 e. The molecule has 5 heteroatoms. The molecule has 102 valence electrons. The van der Waals surface area contributed by atoms with E-state index in [9.17, 15) is 0 Å². The molecule has 1 aromatic heterocycles. The molecule has 0 aliphatic heterocycles. The largest absolute Gasteiger partial charge is 0.383 e. The molecule has 1 aromatic carbocycles. The van der Waals surface area contributed by atoms with Gasteiger partial charge in [-0.1, -0.05) is 28.1 Å². The minimum absolute atomic E-state index is 0.682. The number of methoxy groups -OCH3 is 1. The predicted octanol–water partition coefficient (Wildman–Crippen LogP) is 3.21. The number of benzene rings is 1. The van der Waals surface area contributed by atoms with Crippen molar-refractivity contribution in [1.82, 2.24) is 9.55 Å². The number of hydrogen-bond donors (Lipinski definition) is 1. The first-order valence-corrected chi connectivity index (χ1v) is 6.99. The highest BCUT2D eigenvalue weighted by atomic mass is 79.9. The van der Waals surface area contributed by atoms with Crippen LogP contribution in [0, 0.1) is 6.92 Å². The van der Waals surface area contributed by atoms with E-state index in [1.807, 2.05) is 25.3 Å². The third-order valence-corrected chi connectivity index (χ3v) is 3.27. The number of hydrogen-bond acceptors (Lipinski definition) is 3. The average Bonchev–Trinajstić information content (AvgIpc) is 2.74. The molecule has 1 heterocycles. The van der Waals surface area contributed by atoms with Gasteiger partial charge in [0.05, 0.1) is 12.3 Å². The normalized spacial score (nSPS) is 10.7. The number of imidazole rings is 1. The van der Waals surface area contributed by atoms with Crippen molar-refractivity contribution in [1.29, 1.82) is 0 Å². The highest BCUT2D eigenvalue weighted by Gasteiger charge is 2.05. The van der Waals surface area contributed by atoms with E-state index in [1.54, 1.807) is 7.11 Å². The molecule has 2 aromatic rings. The number of anilines is 1. The molecule has 0 saturated heterocycles. The predicted molar refractivity (Wildman–Crippen MR) is 80.3 cm³/mol. The summed E-state index contributed by atoms with van der Waals surface area (Å²) in [6.07, 6.45) is 2.03. The second kappa shape index (κ2) is 6.73. The van der Waals surface area contributed by atoms with Gasteiger partial charge >= 0.3 is 0 Å². The van der Waals surface area contributed by atoms with E-state index in [0.29, 0.717) is 6.61 Å². The van der Waals surface area contributed by atoms with Crippen molar-refractivity contribution in [2.75, 3.05) is 19.0 Å². The van der Waals surface area contributed by atoms with E-state index in [4.69, 9.17) is 4.74 Å². The number of nitrogens with zero attached hydrogens (tertiary/aromatic N) is 2. The number of rotatable bonds is 6. The zero-order chi connectivity index (χ0) is 13.7. The van der Waals surface area contributed by atoms with Crippen molar-refractivity contribution in [2.45, 2.75) is 20.0 Å². The Morgan fingerprint density at radius 1 is 1.42 bits per heavy atom. The average molecular weight is 324 g/mol. The van der Waals surface area contributed by atoms with Crippen molar-refractivity contribution >= 4 is 21.9 Å². The van der Waals surface area contributed by atoms with Crippen LogP contribution in [0.5, 0.6) is 0 Å². The number of nitrogens with one attached hydrogen (secondary N) is 1. The van der Waals surface area contributed by atoms with Gasteiger partial charge in [0.2, 0.25) is 5.95 Å². The molecule has 0 bridgehead atoms. The van der Waals surface area contributed by atoms with Crippen molar-refractivity contribution in [3.8, 4) is 0 Å². The van der Waals surface area contributed by atoms with Crippen LogP contribution in [-0.4, -0.2) is 23.3 Å². The summed E-state index contributed by atoms with van der Waals surface area (Å²) in [5.74, 6) is 0.884. The Hall–Kier alpha value is -1.33. The molecule has 0 saturated carbocycles. The Morgan fingerprint density at radius 2 is 2.26 bits per heavy atom. The molecule has 0 spiro atoms. The van der Waals surface area contributed by atoms with Gasteiger partial charge in [-0.3, -0.25) is 0 Å². The van der Waals surface area contributed by atoms with Crippen molar-refractivity contribution in [3.05, 3.63) is 46.2 Å². The topological polar surface area (TPSA) is 39.1 Å². The molecule has 0 aliphatic rings. The maximum atomic E-state index is 5.11. The zero-order valence-electron chi connectivity index (χ0n) is 11.2. The maximum absolute atomic E-state index is 5.11. The van der Waals surface area contributed by atoms with Crippen LogP contribution in [0.1, 0.15) is 11.3 Å². The molecular formula is C14H18BrN3O. The third-order valence-electron chi connectivity index (χ3n) is 2.77. The standard InChI is InChI=1S/C14H18BrN3O/c1-11-10-18(6-7-19-2)14(17-11)16-9-12-4-3-5-13(15)8-12/h3-5,8,10H,6-7,9H2,1-2H3,(H,16,17). The molecule has 19 heavy (non-hydrogen) atoms. The summed E-state index contributed by atoms with van der Waals surface area (Å²) in [6.45, 7) is 4.23. The molecule has 0 unspecified atom stereocenters. The highest BCUT2D eigenvalue weighted by Crippen LogP contribution is 2.14. The fraction of sp³-hybridized carbons (Fsp3) is 0.357. The van der Waals surface area contributed by atoms with E-state index in [2.05, 4.69) is 42.9 Å². The highest BCUT2D eigenvalue weighted by molar-refractivity contribution is 9.10. The van der Waals surface area contributed by atoms with E-state index in [-0.39, 0.29) is 0 Å². The zero-order valence-corrected chi connectivity index (χ0v) is 12.8. The summed E-state index contributed by atoms with van der Waals surface area (Å²) in [4.78, 5) is 4.49. The first kappa shape index (κ1) is 14.1. The quantitative estimate of drug-likeness (QED) is 0.887. The smallest absolute Gasteiger partial charge is 0.203 e. The molecule has 0 fully saturated rings. The molecule has 0 amide bonds. The number of aromatic nitrogens is 2. The van der Waals surface area contributed by atoms with Gasteiger partial charge in [-0.2, -0.15) is 0 Å². The summed E-state index contributed by atoms with van der Waals surface area (Å²) in [6, 6.07) is 8.24. The molecule has 0 radical (unpaired) electrons. The van der Waals surface area contributed by atoms with E-state index in [0.717, 1.165) is 29.2 Å². The van der Waals surface area contributed by atoms with Crippen LogP contribution >= 0.6 is 15.9 Å². The van der Waals surface area contributed by atoms with Crippen LogP contribution in [0.4, 0.5) is 5.95 Å². The first-order valence-electron chi connectivity index (χ1n) is 6.20. The summed E-state index contributed by atoms with van der Waals surface area (Å²) in [7, 11) is 1.71. The summed E-state index contributed by atoms with van der Waals surface area (Å²) >= 11 is 3.48. The lowest BCUT2D eigenvalue weighted by Crippen LogP contribution is -2.10. The van der Waals surface area contributed by atoms with Crippen LogP contribution in [0.2, 0.25) is 0 Å². The first-order chi connectivity index (χ1) is 9.19. The van der Waals surface area contributed by atoms with Crippen molar-refractivity contribution in [2.24, 2.45) is 0 Å². The minimum Gasteiger partial charge on any atom is -0.383 e. The molecule has 0 atom stereocenters. The molecule has 1 N–H and O–H groups in total. The Labute approximate surface area is 121 Å². The fourth-order valence-electron chi connectivity index (χ4n) is 1.88. The van der Waals surface area contributed by atoms with Crippen molar-refractivity contribution < 1.29 is 4.74 Å². The van der Waals surface area contributed by atoms with Crippen LogP contribution in [-0.2, 0) is 17.8 Å². The van der Waals surface area contributed by atoms with Gasteiger partial charge in [0.15, 0.2) is 0 Å². The van der Waals surface area contributed by atoms with Gasteiger partial charge in [-0.05, 0) is 24.6 Å². The Balaban J connectivity index is 2.02. The molecular weight excluding hydrogens is 306 g/mol. The van der Waals surface area contributed by atoms with Gasteiger partial charge in [0.1, 0.15) is 0 Å². The Morgan fingerprint density at radius 3 is 3.00 bits per heavy atom. The van der Waals surface area contributed by atoms with E-state index < -0.39 is 0 Å². The summed E-state index contributed by atoms with van der Waals surface area (Å²) in [5.41, 5.74) is 2.22. The van der Waals surface area contributed by atoms with E-state index >= 15 is 0 Å². The van der Waals surface area contributed by atoms with Crippen LogP contribution in [0.15, 0.2) is 34.9 Å². The molecule has 4 nitrogen and oxygen atoms in total. The number of ether oxygens (including phenoxy) is 1. The van der Waals surface area contributed by atoms with Gasteiger partial charge in [0.25, 0.3) is 0 Å². The minimum atomic E-state index is 0.682. The van der Waals surface area contributed by atoms with Crippen molar-refractivity contribution in [3.63, 3.8) is 0 Å². The van der Waals surface area contributed by atoms with Gasteiger partial charge < -0.3 is 14.6 Å². The second-order valence-electron chi connectivity index (χ2n) is 4.38. The Kier molecular flexibility index (Phi) is 4.99. The number of aryl methyl sites for hydroxylation is 1. The van der Waals surface area contributed by atoms with Gasteiger partial charge in [0, 0.05) is 30.9 Å². The van der Waals surface area contributed by atoms with Gasteiger partial charge in [-0.25, -0.2) is 4.98 Å². The SMILES string of the molecule is COCCn1cc(C)nc1NCc1cccc(Br)c1. The molecule has 0 aliphatic carbocycles. The summed E-state index contributed by atoms with van der Waals surface area (Å²) in [5, 5.41) is 3.36. The second-order valence-corrected chi connectivity index (χ2v) is 5.29. The van der Waals surface area contributed by atoms with Gasteiger partial charge in [-0.15, -0.1) is 0 Å². The van der Waals surface area contributed by atoms with Crippen LogP contribution in [0.3, 0.4) is 0 Å². The van der Waals surface area contributed by atoms with Crippen LogP contribution in [0.25, 0.3) is 0 Å². The number of halogens is 1. The lowest BCUT2D eigenvalue weighted by molar-refractivity contribution is 0.187. The lowest BCUT2D eigenvalue weighted by Gasteiger charge is -2.09. The molecule has 2 rings (SSSR count). The monoisotopic (exact) mass is 323 g/mol. The third kappa shape index (κ3) is 4.08. The lowest BCUT2D eigenvalue weighted by atomic mass is 10.2. The Bertz CT molecular complexity index is 539. The summed E-state index contributed by atoms with van der Waals surface area (Å²) < 4.78 is 8.27. The van der Waals surface area contributed by atoms with E-state index in [1.165, 1.54) is 5.56 Å². The van der Waals surface area contributed by atoms with Crippen LogP contribution < -0.4 is 5.32 Å².